The molecule has 0 aromatic heterocycles. The normalized spacial score (nSPS) is 12.6. The maximum Gasteiger partial charge on any atom is 0.0123 e. The summed E-state index contributed by atoms with van der Waals surface area (Å²) in [6, 6.07) is 0. The zero-order valence-corrected chi connectivity index (χ0v) is 12.9. The van der Waals surface area contributed by atoms with E-state index < -0.39 is 0 Å². The Morgan fingerprint density at radius 1 is 1.00 bits per heavy atom. The first-order valence-electron chi connectivity index (χ1n) is 6.19. The van der Waals surface area contributed by atoms with E-state index in [-0.39, 0.29) is 0 Å². The van der Waals surface area contributed by atoms with Crippen LogP contribution >= 0.6 is 0 Å². The summed E-state index contributed by atoms with van der Waals surface area (Å²) in [6.07, 6.45) is 8.44. The highest BCUT2D eigenvalue weighted by Gasteiger charge is 2.23. The summed E-state index contributed by atoms with van der Waals surface area (Å²) in [4.78, 5) is 2.37. The monoisotopic (exact) mass is 215 g/mol. The van der Waals surface area contributed by atoms with Gasteiger partial charge >= 0.3 is 0 Å². The number of hydrogen-bond acceptors (Lipinski definition) is 1. The summed E-state index contributed by atoms with van der Waals surface area (Å²) < 4.78 is 0. The minimum absolute atomic E-state index is 0.690. The first-order valence-corrected chi connectivity index (χ1v) is 7.19. The molecule has 0 heterocycles. The molecule has 0 bridgehead atoms. The van der Waals surface area contributed by atoms with Gasteiger partial charge in [-0.2, -0.15) is 0 Å². The van der Waals surface area contributed by atoms with E-state index in [1.165, 1.54) is 55.3 Å². The molecule has 0 unspecified atom stereocenters. The van der Waals surface area contributed by atoms with Crippen LogP contribution < -0.4 is 0 Å². The quantitative estimate of drug-likeness (QED) is 0.562. The third-order valence-electron chi connectivity index (χ3n) is 2.97. The lowest BCUT2D eigenvalue weighted by Crippen LogP contribution is -2.28. The van der Waals surface area contributed by atoms with Gasteiger partial charge in [0.2, 0.25) is 0 Å². The number of unbranched alkanes of at least 4 members (excludes halogenated alkanes) is 2. The second kappa shape index (κ2) is 7.47. The fraction of sp³-hybridized carbons (Fsp3) is 1.00. The minimum atomic E-state index is 0.690. The Labute approximate surface area is 93.7 Å². The van der Waals surface area contributed by atoms with Gasteiger partial charge in [-0.05, 0) is 38.5 Å². The van der Waals surface area contributed by atoms with Crippen LogP contribution in [0.4, 0.5) is 0 Å². The third kappa shape index (κ3) is 6.60. The van der Waals surface area contributed by atoms with Gasteiger partial charge in [0, 0.05) is 10.2 Å². The molecule has 0 aliphatic heterocycles. The number of nitrogens with zero attached hydrogens (tertiary/aromatic N) is 1. The number of hydrogen-bond donors (Lipinski definition) is 0. The maximum absolute atomic E-state index is 2.37. The molecule has 0 atom stereocenters. The van der Waals surface area contributed by atoms with Crippen LogP contribution in [0, 0.1) is 0 Å². The third-order valence-corrected chi connectivity index (χ3v) is 4.28. The molecule has 0 rings (SSSR count). The van der Waals surface area contributed by atoms with Gasteiger partial charge < -0.3 is 4.90 Å². The molecule has 1 nitrogen and oxygen atoms in total. The molecular weight excluding hydrogens is 186 g/mol. The van der Waals surface area contributed by atoms with Crippen LogP contribution in [-0.2, 0) is 0 Å². The van der Waals surface area contributed by atoms with Crippen molar-refractivity contribution in [2.45, 2.75) is 57.4 Å². The van der Waals surface area contributed by atoms with Crippen LogP contribution in [0.5, 0.6) is 0 Å². The summed E-state index contributed by atoms with van der Waals surface area (Å²) in [6.45, 7) is 5.91. The predicted molar refractivity (Wildman–Crippen MR) is 70.2 cm³/mol. The fourth-order valence-electron chi connectivity index (χ4n) is 2.25. The van der Waals surface area contributed by atoms with E-state index in [0.29, 0.717) is 5.04 Å². The Balaban J connectivity index is 4.03. The highest BCUT2D eigenvalue weighted by atomic mass is 28.1. The standard InChI is InChI=1S/C12H29NSi/c1-5-7-9-12(14,10-8-6-2)11-13(3)4/h5-11H2,1-4,14H3. The Hall–Kier alpha value is 0.177. The smallest absolute Gasteiger partial charge is 0.0123 e. The van der Waals surface area contributed by atoms with Gasteiger partial charge in [-0.1, -0.05) is 39.5 Å². The molecular formula is C12H29NSi. The van der Waals surface area contributed by atoms with E-state index in [1.54, 1.807) is 0 Å². The van der Waals surface area contributed by atoms with E-state index in [1.807, 2.05) is 0 Å². The Kier molecular flexibility index (Phi) is 7.56. The molecule has 0 radical (unpaired) electrons. The van der Waals surface area contributed by atoms with E-state index in [4.69, 9.17) is 0 Å². The van der Waals surface area contributed by atoms with Crippen LogP contribution in [0.1, 0.15) is 52.4 Å². The maximum atomic E-state index is 2.37. The molecule has 0 aromatic carbocycles. The average molecular weight is 215 g/mol. The van der Waals surface area contributed by atoms with Gasteiger partial charge in [0.1, 0.15) is 0 Å². The highest BCUT2D eigenvalue weighted by molar-refractivity contribution is 6.15. The van der Waals surface area contributed by atoms with E-state index >= 15 is 0 Å². The van der Waals surface area contributed by atoms with Gasteiger partial charge in [-0.15, -0.1) is 0 Å². The van der Waals surface area contributed by atoms with Crippen molar-refractivity contribution < 1.29 is 0 Å². The molecule has 0 saturated heterocycles. The fourth-order valence-corrected chi connectivity index (χ4v) is 3.59. The first kappa shape index (κ1) is 14.2. The zero-order valence-electron chi connectivity index (χ0n) is 10.9. The summed E-state index contributed by atoms with van der Waals surface area (Å²) in [5.74, 6) is 0. The Morgan fingerprint density at radius 3 is 1.71 bits per heavy atom. The second-order valence-electron chi connectivity index (χ2n) is 5.26. The summed E-state index contributed by atoms with van der Waals surface area (Å²) in [7, 11) is 5.78. The van der Waals surface area contributed by atoms with Crippen LogP contribution in [0.15, 0.2) is 0 Å². The van der Waals surface area contributed by atoms with Crippen LogP contribution in [-0.4, -0.2) is 35.8 Å². The van der Waals surface area contributed by atoms with Crippen molar-refractivity contribution in [2.24, 2.45) is 0 Å². The van der Waals surface area contributed by atoms with Gasteiger partial charge in [-0.3, -0.25) is 0 Å². The molecule has 2 heteroatoms. The molecule has 0 spiro atoms. The molecule has 0 aliphatic carbocycles. The van der Waals surface area contributed by atoms with Gasteiger partial charge in [0.15, 0.2) is 0 Å². The molecule has 0 N–H and O–H groups in total. The molecule has 86 valence electrons. The van der Waals surface area contributed by atoms with Crippen molar-refractivity contribution in [1.82, 2.24) is 4.90 Å². The first-order chi connectivity index (χ1) is 6.54. The van der Waals surface area contributed by atoms with Crippen molar-refractivity contribution in [3.05, 3.63) is 0 Å². The highest BCUT2D eigenvalue weighted by Crippen LogP contribution is 2.35. The SMILES string of the molecule is CCCCC([SiH3])(CCCC)CN(C)C. The van der Waals surface area contributed by atoms with Crippen LogP contribution in [0.25, 0.3) is 0 Å². The van der Waals surface area contributed by atoms with Gasteiger partial charge in [0.05, 0.1) is 0 Å². The van der Waals surface area contributed by atoms with Crippen LogP contribution in [0.2, 0.25) is 5.04 Å². The molecule has 0 aliphatic rings. The van der Waals surface area contributed by atoms with E-state index in [0.717, 1.165) is 0 Å². The largest absolute Gasteiger partial charge is 0.309 e. The molecule has 0 aromatic rings. The number of rotatable bonds is 8. The van der Waals surface area contributed by atoms with Crippen molar-refractivity contribution in [1.29, 1.82) is 0 Å². The summed E-state index contributed by atoms with van der Waals surface area (Å²) in [5.41, 5.74) is 0. The van der Waals surface area contributed by atoms with E-state index in [9.17, 15) is 0 Å². The summed E-state index contributed by atoms with van der Waals surface area (Å²) in [5, 5.41) is 0.690. The van der Waals surface area contributed by atoms with E-state index in [2.05, 4.69) is 32.8 Å². The Bertz CT molecular complexity index is 126. The minimum Gasteiger partial charge on any atom is -0.309 e. The summed E-state index contributed by atoms with van der Waals surface area (Å²) >= 11 is 0. The van der Waals surface area contributed by atoms with Crippen LogP contribution in [0.3, 0.4) is 0 Å². The predicted octanol–water partition coefficient (Wildman–Crippen LogP) is 2.45. The van der Waals surface area contributed by atoms with Crippen molar-refractivity contribution in [3.63, 3.8) is 0 Å². The Morgan fingerprint density at radius 2 is 1.43 bits per heavy atom. The average Bonchev–Trinajstić information content (AvgIpc) is 2.11. The lowest BCUT2D eigenvalue weighted by Gasteiger charge is -2.32. The van der Waals surface area contributed by atoms with Crippen molar-refractivity contribution in [2.75, 3.05) is 20.6 Å². The van der Waals surface area contributed by atoms with Gasteiger partial charge in [0.25, 0.3) is 0 Å². The van der Waals surface area contributed by atoms with Gasteiger partial charge in [-0.25, -0.2) is 0 Å². The lowest BCUT2D eigenvalue weighted by molar-refractivity contribution is 0.305. The lowest BCUT2D eigenvalue weighted by atomic mass is 9.94. The molecule has 0 fully saturated rings. The second-order valence-corrected chi connectivity index (χ2v) is 7.38. The van der Waals surface area contributed by atoms with Crippen molar-refractivity contribution >= 4 is 10.2 Å². The molecule has 0 saturated carbocycles. The molecule has 0 amide bonds. The zero-order chi connectivity index (χ0) is 11.0. The van der Waals surface area contributed by atoms with Crippen molar-refractivity contribution in [3.8, 4) is 0 Å². The topological polar surface area (TPSA) is 3.24 Å². The molecule has 14 heavy (non-hydrogen) atoms.